The number of benzene rings is 3. The van der Waals surface area contributed by atoms with Gasteiger partial charge in [0.05, 0.1) is 15.7 Å². The zero-order chi connectivity index (χ0) is 25.5. The average molecular weight is 540 g/mol. The van der Waals surface area contributed by atoms with Crippen molar-refractivity contribution >= 4 is 46.6 Å². The third-order valence-corrected chi connectivity index (χ3v) is 7.64. The molecule has 0 unspecified atom stereocenters. The topological polar surface area (TPSA) is 59.8 Å². The fourth-order valence-electron chi connectivity index (χ4n) is 3.76. The van der Waals surface area contributed by atoms with Crippen molar-refractivity contribution in [3.05, 3.63) is 99.3 Å². The van der Waals surface area contributed by atoms with E-state index in [0.29, 0.717) is 22.9 Å². The molecule has 1 aromatic heterocycles. The van der Waals surface area contributed by atoms with Crippen LogP contribution in [0.1, 0.15) is 41.8 Å². The Kier molecular flexibility index (Phi) is 9.08. The number of carbonyl (C=O) groups excluding carboxylic acids is 1. The molecule has 4 aromatic rings. The van der Waals surface area contributed by atoms with Gasteiger partial charge in [-0.3, -0.25) is 9.36 Å². The van der Waals surface area contributed by atoms with E-state index >= 15 is 0 Å². The van der Waals surface area contributed by atoms with Crippen LogP contribution >= 0.6 is 35.0 Å². The van der Waals surface area contributed by atoms with Crippen LogP contribution in [0, 0.1) is 13.8 Å². The van der Waals surface area contributed by atoms with Crippen LogP contribution in [0.2, 0.25) is 10.0 Å². The number of unbranched alkanes of at least 4 members (excludes halogenated alkanes) is 1. The Morgan fingerprint density at radius 3 is 2.47 bits per heavy atom. The Bertz CT molecular complexity index is 1340. The molecule has 4 rings (SSSR count). The molecule has 0 aliphatic rings. The summed E-state index contributed by atoms with van der Waals surface area (Å²) in [5.74, 6) is 1.68. The molecular formula is C28H28Cl2N4OS. The fourth-order valence-corrected chi connectivity index (χ4v) is 5.03. The minimum Gasteiger partial charge on any atom is -0.326 e. The molecule has 1 amide bonds. The van der Waals surface area contributed by atoms with Crippen LogP contribution in [-0.4, -0.2) is 26.4 Å². The van der Waals surface area contributed by atoms with Gasteiger partial charge in [-0.05, 0) is 73.7 Å². The standard InChI is InChI=1S/C28H28Cl2N4OS/c1-19-11-12-22(16-20(19)2)31-27(35)10-6-7-15-36-28-33-32-26(17-21-8-4-3-5-9-21)34(28)23-13-14-24(29)25(30)18-23/h3-5,8-9,11-14,16,18H,6-7,10,15,17H2,1-2H3,(H,31,35). The van der Waals surface area contributed by atoms with Crippen molar-refractivity contribution < 1.29 is 4.79 Å². The van der Waals surface area contributed by atoms with Gasteiger partial charge in [-0.25, -0.2) is 0 Å². The van der Waals surface area contributed by atoms with Crippen molar-refractivity contribution in [2.75, 3.05) is 11.1 Å². The van der Waals surface area contributed by atoms with E-state index in [9.17, 15) is 4.79 Å². The highest BCUT2D eigenvalue weighted by Gasteiger charge is 2.16. The van der Waals surface area contributed by atoms with Gasteiger partial charge in [0.15, 0.2) is 5.16 Å². The number of rotatable bonds is 10. The quantitative estimate of drug-likeness (QED) is 0.166. The van der Waals surface area contributed by atoms with E-state index in [2.05, 4.69) is 34.6 Å². The minimum absolute atomic E-state index is 0.0346. The predicted octanol–water partition coefficient (Wildman–Crippen LogP) is 7.68. The number of thioether (sulfide) groups is 1. The first-order valence-electron chi connectivity index (χ1n) is 11.8. The van der Waals surface area contributed by atoms with Crippen molar-refractivity contribution in [2.24, 2.45) is 0 Å². The largest absolute Gasteiger partial charge is 0.326 e. The molecule has 0 saturated heterocycles. The minimum atomic E-state index is 0.0346. The number of aromatic nitrogens is 3. The maximum atomic E-state index is 12.3. The molecule has 0 bridgehead atoms. The fraction of sp³-hybridized carbons (Fsp3) is 0.250. The molecule has 186 valence electrons. The molecule has 0 aliphatic heterocycles. The normalized spacial score (nSPS) is 11.0. The summed E-state index contributed by atoms with van der Waals surface area (Å²) in [7, 11) is 0. The molecule has 0 fully saturated rings. The van der Waals surface area contributed by atoms with Gasteiger partial charge in [-0.15, -0.1) is 10.2 Å². The van der Waals surface area contributed by atoms with Crippen LogP contribution in [0.25, 0.3) is 5.69 Å². The number of carbonyl (C=O) groups is 1. The van der Waals surface area contributed by atoms with Crippen LogP contribution in [0.15, 0.2) is 71.9 Å². The lowest BCUT2D eigenvalue weighted by atomic mass is 10.1. The van der Waals surface area contributed by atoms with E-state index in [1.807, 2.05) is 60.0 Å². The lowest BCUT2D eigenvalue weighted by Crippen LogP contribution is -2.11. The van der Waals surface area contributed by atoms with Crippen LogP contribution in [0.3, 0.4) is 0 Å². The van der Waals surface area contributed by atoms with E-state index in [4.69, 9.17) is 23.2 Å². The highest BCUT2D eigenvalue weighted by molar-refractivity contribution is 7.99. The molecule has 36 heavy (non-hydrogen) atoms. The maximum absolute atomic E-state index is 12.3. The second-order valence-electron chi connectivity index (χ2n) is 8.65. The van der Waals surface area contributed by atoms with E-state index in [0.717, 1.165) is 46.5 Å². The third-order valence-electron chi connectivity index (χ3n) is 5.89. The Morgan fingerprint density at radius 1 is 0.917 bits per heavy atom. The Hall–Kier alpha value is -2.80. The Labute approximate surface area is 226 Å². The summed E-state index contributed by atoms with van der Waals surface area (Å²) in [6.45, 7) is 4.11. The van der Waals surface area contributed by atoms with Gasteiger partial charge >= 0.3 is 0 Å². The van der Waals surface area contributed by atoms with Gasteiger partial charge in [-0.1, -0.05) is 71.4 Å². The summed E-state index contributed by atoms with van der Waals surface area (Å²) in [5, 5.41) is 13.7. The average Bonchev–Trinajstić information content (AvgIpc) is 3.25. The summed E-state index contributed by atoms with van der Waals surface area (Å²) >= 11 is 14.1. The molecule has 8 heteroatoms. The summed E-state index contributed by atoms with van der Waals surface area (Å²) in [5.41, 5.74) is 5.25. The smallest absolute Gasteiger partial charge is 0.224 e. The zero-order valence-electron chi connectivity index (χ0n) is 20.3. The number of hydrogen-bond acceptors (Lipinski definition) is 4. The molecule has 5 nitrogen and oxygen atoms in total. The van der Waals surface area contributed by atoms with Gasteiger partial charge in [0.2, 0.25) is 5.91 Å². The van der Waals surface area contributed by atoms with Crippen LogP contribution < -0.4 is 5.32 Å². The second kappa shape index (κ2) is 12.4. The van der Waals surface area contributed by atoms with Crippen molar-refractivity contribution in [3.8, 4) is 5.69 Å². The van der Waals surface area contributed by atoms with Crippen molar-refractivity contribution in [1.29, 1.82) is 0 Å². The van der Waals surface area contributed by atoms with E-state index in [1.165, 1.54) is 11.1 Å². The summed E-state index contributed by atoms with van der Waals surface area (Å²) in [6.07, 6.45) is 2.80. The van der Waals surface area contributed by atoms with E-state index in [1.54, 1.807) is 17.8 Å². The van der Waals surface area contributed by atoms with Gasteiger partial charge in [0.25, 0.3) is 0 Å². The highest BCUT2D eigenvalue weighted by atomic mass is 35.5. The van der Waals surface area contributed by atoms with Gasteiger partial charge in [0.1, 0.15) is 5.82 Å². The SMILES string of the molecule is Cc1ccc(NC(=O)CCCCSc2nnc(Cc3ccccc3)n2-c2ccc(Cl)c(Cl)c2)cc1C. The highest BCUT2D eigenvalue weighted by Crippen LogP contribution is 2.29. The monoisotopic (exact) mass is 538 g/mol. The number of halogens is 2. The van der Waals surface area contributed by atoms with Gasteiger partial charge in [0, 0.05) is 24.3 Å². The Morgan fingerprint density at radius 2 is 1.72 bits per heavy atom. The maximum Gasteiger partial charge on any atom is 0.224 e. The number of hydrogen-bond donors (Lipinski definition) is 1. The molecule has 3 aromatic carbocycles. The molecule has 0 saturated carbocycles. The number of aryl methyl sites for hydroxylation is 2. The molecule has 0 radical (unpaired) electrons. The summed E-state index contributed by atoms with van der Waals surface area (Å²) in [6, 6.07) is 21.7. The first-order chi connectivity index (χ1) is 17.4. The summed E-state index contributed by atoms with van der Waals surface area (Å²) < 4.78 is 2.03. The van der Waals surface area contributed by atoms with E-state index in [-0.39, 0.29) is 5.91 Å². The lowest BCUT2D eigenvalue weighted by Gasteiger charge is -2.11. The number of nitrogens with one attached hydrogen (secondary N) is 1. The molecule has 1 N–H and O–H groups in total. The molecule has 1 heterocycles. The lowest BCUT2D eigenvalue weighted by molar-refractivity contribution is -0.116. The number of amides is 1. The van der Waals surface area contributed by atoms with Crippen molar-refractivity contribution in [1.82, 2.24) is 14.8 Å². The third kappa shape index (κ3) is 6.90. The van der Waals surface area contributed by atoms with Gasteiger partial charge < -0.3 is 5.32 Å². The molecule has 0 atom stereocenters. The van der Waals surface area contributed by atoms with Crippen LogP contribution in [-0.2, 0) is 11.2 Å². The Balaban J connectivity index is 1.37. The van der Waals surface area contributed by atoms with Crippen molar-refractivity contribution in [2.45, 2.75) is 44.7 Å². The second-order valence-corrected chi connectivity index (χ2v) is 10.5. The number of nitrogens with zero attached hydrogens (tertiary/aromatic N) is 3. The first-order valence-corrected chi connectivity index (χ1v) is 13.6. The molecular weight excluding hydrogens is 511 g/mol. The van der Waals surface area contributed by atoms with Gasteiger partial charge in [-0.2, -0.15) is 0 Å². The van der Waals surface area contributed by atoms with Crippen LogP contribution in [0.4, 0.5) is 5.69 Å². The first kappa shape index (κ1) is 26.3. The van der Waals surface area contributed by atoms with Crippen molar-refractivity contribution in [3.63, 3.8) is 0 Å². The summed E-state index contributed by atoms with van der Waals surface area (Å²) in [4.78, 5) is 12.3. The van der Waals surface area contributed by atoms with Crippen LogP contribution in [0.5, 0.6) is 0 Å². The predicted molar refractivity (Wildman–Crippen MR) is 150 cm³/mol. The van der Waals surface area contributed by atoms with E-state index < -0.39 is 0 Å². The molecule has 0 aliphatic carbocycles. The molecule has 0 spiro atoms. The zero-order valence-corrected chi connectivity index (χ0v) is 22.6. The number of anilines is 1.